The Morgan fingerprint density at radius 1 is 1.19 bits per heavy atom. The largest absolute Gasteiger partial charge is 0.491 e. The van der Waals surface area contributed by atoms with E-state index in [4.69, 9.17) is 27.8 Å². The number of halogens is 1. The molecule has 3 heterocycles. The molecule has 3 aromatic rings. The van der Waals surface area contributed by atoms with Crippen molar-refractivity contribution in [2.75, 3.05) is 31.3 Å². The predicted octanol–water partition coefficient (Wildman–Crippen LogP) is 2.11. The van der Waals surface area contributed by atoms with Gasteiger partial charge in [0.05, 0.1) is 16.1 Å². The van der Waals surface area contributed by atoms with Gasteiger partial charge in [0.2, 0.25) is 17.7 Å². The highest BCUT2D eigenvalue weighted by molar-refractivity contribution is 6.32. The van der Waals surface area contributed by atoms with Gasteiger partial charge in [0, 0.05) is 19.2 Å². The fraction of sp³-hybridized carbons (Fsp3) is 0.364. The zero-order chi connectivity index (χ0) is 22.3. The quantitative estimate of drug-likeness (QED) is 0.523. The van der Waals surface area contributed by atoms with Gasteiger partial charge in [0.25, 0.3) is 0 Å². The summed E-state index contributed by atoms with van der Waals surface area (Å²) < 4.78 is 7.82. The van der Waals surface area contributed by atoms with Crippen molar-refractivity contribution in [1.29, 1.82) is 0 Å². The van der Waals surface area contributed by atoms with Crippen molar-refractivity contribution in [2.45, 2.75) is 18.6 Å². The normalized spacial score (nSPS) is 21.5. The van der Waals surface area contributed by atoms with Gasteiger partial charge in [-0.15, -0.1) is 0 Å². The molecule has 0 spiro atoms. The second kappa shape index (κ2) is 8.25. The number of benzene rings is 2. The van der Waals surface area contributed by atoms with Crippen LogP contribution in [0.3, 0.4) is 0 Å². The topological polar surface area (TPSA) is 110 Å². The Hall–Kier alpha value is -2.85. The first-order valence-electron chi connectivity index (χ1n) is 10.7. The number of nitrogens with zero attached hydrogens (tertiary/aromatic N) is 5. The van der Waals surface area contributed by atoms with E-state index >= 15 is 0 Å². The van der Waals surface area contributed by atoms with E-state index in [2.05, 4.69) is 20.3 Å². The summed E-state index contributed by atoms with van der Waals surface area (Å²) in [6.07, 6.45) is 2.52. The smallest absolute Gasteiger partial charge is 0.228 e. The highest BCUT2D eigenvalue weighted by Crippen LogP contribution is 2.32. The number of fused-ring (bicyclic) bond motifs is 1. The molecule has 0 radical (unpaired) electrons. The second-order valence-corrected chi connectivity index (χ2v) is 8.59. The molecule has 1 unspecified atom stereocenters. The third kappa shape index (κ3) is 3.77. The van der Waals surface area contributed by atoms with Crippen LogP contribution in [-0.4, -0.2) is 46.7 Å². The average molecular weight is 455 g/mol. The minimum Gasteiger partial charge on any atom is -0.491 e. The molecule has 2 aliphatic rings. The number of aromatic nitrogens is 2. The third-order valence-corrected chi connectivity index (χ3v) is 6.30. The predicted molar refractivity (Wildman–Crippen MR) is 126 cm³/mol. The summed E-state index contributed by atoms with van der Waals surface area (Å²) in [6, 6.07) is 13.3. The molecule has 0 saturated carbocycles. The van der Waals surface area contributed by atoms with Crippen LogP contribution >= 0.6 is 11.6 Å². The van der Waals surface area contributed by atoms with Gasteiger partial charge in [-0.2, -0.15) is 5.43 Å². The van der Waals surface area contributed by atoms with Crippen molar-refractivity contribution in [2.24, 2.45) is 23.5 Å². The highest BCUT2D eigenvalue weighted by Gasteiger charge is 2.39. The zero-order valence-corrected chi connectivity index (χ0v) is 18.7. The van der Waals surface area contributed by atoms with Crippen LogP contribution in [0, 0.1) is 0 Å². The highest BCUT2D eigenvalue weighted by atomic mass is 35.5. The molecular weight excluding hydrogens is 428 g/mol. The van der Waals surface area contributed by atoms with E-state index in [0.29, 0.717) is 28.9 Å². The van der Waals surface area contributed by atoms with Crippen LogP contribution in [0.2, 0.25) is 5.02 Å². The molecular formula is C22H27ClN8O. The molecule has 1 saturated heterocycles. The lowest BCUT2D eigenvalue weighted by Gasteiger charge is -2.25. The number of nitrogens with two attached hydrogens (primary N) is 2. The first kappa shape index (κ1) is 21.0. The summed E-state index contributed by atoms with van der Waals surface area (Å²) in [4.78, 5) is 11.5. The summed E-state index contributed by atoms with van der Waals surface area (Å²) in [7, 11) is 1.92. The molecule has 168 valence electrons. The zero-order valence-electron chi connectivity index (χ0n) is 18.0. The SMILES string of the molecule is Cn1c(N2NC(N)(c3ccc(OCCN4CCCC4)c(Cl)c3)N=C2N)nc2ccccc21. The van der Waals surface area contributed by atoms with Crippen molar-refractivity contribution in [3.8, 4) is 5.75 Å². The van der Waals surface area contributed by atoms with Gasteiger partial charge < -0.3 is 15.0 Å². The number of hydrogen-bond donors (Lipinski definition) is 3. The Bertz CT molecular complexity index is 1170. The van der Waals surface area contributed by atoms with Crippen LogP contribution in [0.25, 0.3) is 11.0 Å². The van der Waals surface area contributed by atoms with E-state index in [0.717, 1.165) is 30.7 Å². The lowest BCUT2D eigenvalue weighted by Crippen LogP contribution is -2.53. The molecule has 1 atom stereocenters. The Balaban J connectivity index is 1.33. The number of para-hydroxylation sites is 2. The maximum Gasteiger partial charge on any atom is 0.228 e. The van der Waals surface area contributed by atoms with Gasteiger partial charge in [-0.05, 0) is 56.3 Å². The molecule has 0 amide bonds. The molecule has 9 nitrogen and oxygen atoms in total. The van der Waals surface area contributed by atoms with E-state index in [9.17, 15) is 0 Å². The van der Waals surface area contributed by atoms with Gasteiger partial charge in [-0.1, -0.05) is 23.7 Å². The summed E-state index contributed by atoms with van der Waals surface area (Å²) in [6.45, 7) is 3.77. The number of guanidine groups is 1. The van der Waals surface area contributed by atoms with E-state index in [1.807, 2.05) is 48.0 Å². The van der Waals surface area contributed by atoms with Crippen LogP contribution in [0.5, 0.6) is 5.75 Å². The van der Waals surface area contributed by atoms with E-state index in [1.54, 1.807) is 11.1 Å². The Morgan fingerprint density at radius 3 is 2.72 bits per heavy atom. The summed E-state index contributed by atoms with van der Waals surface area (Å²) in [5.41, 5.74) is 18.5. The summed E-state index contributed by atoms with van der Waals surface area (Å²) in [5, 5.41) is 2.07. The van der Waals surface area contributed by atoms with Crippen LogP contribution < -0.4 is 26.6 Å². The second-order valence-electron chi connectivity index (χ2n) is 8.19. The Labute approximate surface area is 191 Å². The standard InChI is InChI=1S/C22H27ClN8O/c1-29-18-7-3-2-6-17(18)26-21(29)31-20(24)27-22(25,28-31)15-8-9-19(16(23)14-15)32-13-12-30-10-4-5-11-30/h2-3,6-9,14,28H,4-5,10-13,25H2,1H3,(H2,24,27). The minimum atomic E-state index is -1.28. The number of rotatable bonds is 6. The molecule has 5 N–H and O–H groups in total. The number of hydrazine groups is 1. The van der Waals surface area contributed by atoms with Gasteiger partial charge in [-0.3, -0.25) is 10.6 Å². The number of anilines is 1. The average Bonchev–Trinajstić information content (AvgIpc) is 3.48. The first-order valence-corrected chi connectivity index (χ1v) is 11.1. The number of ether oxygens (including phenoxy) is 1. The number of nitrogens with one attached hydrogen (secondary N) is 1. The molecule has 1 fully saturated rings. The number of aliphatic imine (C=N–C) groups is 1. The van der Waals surface area contributed by atoms with E-state index in [1.165, 1.54) is 12.8 Å². The first-order chi connectivity index (χ1) is 15.4. The van der Waals surface area contributed by atoms with E-state index < -0.39 is 5.79 Å². The minimum absolute atomic E-state index is 0.216. The fourth-order valence-corrected chi connectivity index (χ4v) is 4.48. The molecule has 0 aliphatic carbocycles. The lowest BCUT2D eigenvalue weighted by atomic mass is 10.1. The van der Waals surface area contributed by atoms with Crippen LogP contribution in [0.1, 0.15) is 18.4 Å². The van der Waals surface area contributed by atoms with Crippen molar-refractivity contribution in [3.63, 3.8) is 0 Å². The maximum absolute atomic E-state index is 6.58. The van der Waals surface area contributed by atoms with Crippen LogP contribution in [0.4, 0.5) is 5.95 Å². The van der Waals surface area contributed by atoms with Gasteiger partial charge in [-0.25, -0.2) is 15.0 Å². The number of aryl methyl sites for hydroxylation is 1. The number of imidazole rings is 1. The molecule has 32 heavy (non-hydrogen) atoms. The third-order valence-electron chi connectivity index (χ3n) is 6.00. The molecule has 2 aliphatic heterocycles. The van der Waals surface area contributed by atoms with Crippen LogP contribution in [0.15, 0.2) is 47.5 Å². The Morgan fingerprint density at radius 2 is 1.97 bits per heavy atom. The molecule has 1 aromatic heterocycles. The molecule has 0 bridgehead atoms. The summed E-state index contributed by atoms with van der Waals surface area (Å²) >= 11 is 6.50. The van der Waals surface area contributed by atoms with E-state index in [-0.39, 0.29) is 5.96 Å². The number of hydrogen-bond acceptors (Lipinski definition) is 8. The maximum atomic E-state index is 6.58. The van der Waals surface area contributed by atoms with Crippen molar-refractivity contribution >= 4 is 34.5 Å². The van der Waals surface area contributed by atoms with Gasteiger partial charge >= 0.3 is 0 Å². The number of likely N-dealkylation sites (tertiary alicyclic amines) is 1. The Kier molecular flexibility index (Phi) is 5.42. The molecule has 10 heteroatoms. The van der Waals surface area contributed by atoms with Crippen molar-refractivity contribution in [3.05, 3.63) is 53.1 Å². The lowest BCUT2D eigenvalue weighted by molar-refractivity contribution is 0.237. The molecule has 5 rings (SSSR count). The summed E-state index contributed by atoms with van der Waals surface area (Å²) in [5.74, 6) is 0.154. The fourth-order valence-electron chi connectivity index (χ4n) is 4.24. The van der Waals surface area contributed by atoms with Crippen LogP contribution in [-0.2, 0) is 12.8 Å². The van der Waals surface area contributed by atoms with Gasteiger partial charge in [0.1, 0.15) is 12.4 Å². The molecule has 2 aromatic carbocycles. The van der Waals surface area contributed by atoms with Crippen molar-refractivity contribution < 1.29 is 4.74 Å². The monoisotopic (exact) mass is 454 g/mol. The van der Waals surface area contributed by atoms with Crippen molar-refractivity contribution in [1.82, 2.24) is 19.9 Å². The van der Waals surface area contributed by atoms with Gasteiger partial charge in [0.15, 0.2) is 0 Å².